The molecule has 3 aromatic rings. The predicted molar refractivity (Wildman–Crippen MR) is 186 cm³/mol. The van der Waals surface area contributed by atoms with Crippen molar-refractivity contribution in [3.8, 4) is 5.75 Å². The number of carbonyl (C=O) groups excluding carboxylic acids is 1. The number of nitrogens with one attached hydrogen (secondary N) is 1. The van der Waals surface area contributed by atoms with Crippen LogP contribution in [0.3, 0.4) is 0 Å². The Hall–Kier alpha value is -2.77. The largest absolute Gasteiger partial charge is 0.447 e. The molecule has 0 saturated heterocycles. The molecule has 0 saturated carbocycles. The van der Waals surface area contributed by atoms with Gasteiger partial charge in [-0.15, -0.1) is 0 Å². The SMILES string of the molecule is CCCCCCCCCCCCCCCCNC(=O)OCC(COP(O)Oc1cccc(C[n+]2cccc3ccccc32)c1)OC. The van der Waals surface area contributed by atoms with Gasteiger partial charge in [0.15, 0.2) is 12.7 Å². The molecule has 0 spiro atoms. The fourth-order valence-corrected chi connectivity index (χ4v) is 6.07. The second-order valence-electron chi connectivity index (χ2n) is 11.9. The van der Waals surface area contributed by atoms with Gasteiger partial charge in [0.25, 0.3) is 0 Å². The van der Waals surface area contributed by atoms with Crippen LogP contribution in [0.1, 0.15) is 102 Å². The molecular formula is C37H56N2O6P+. The van der Waals surface area contributed by atoms with Crippen molar-refractivity contribution in [1.82, 2.24) is 5.32 Å². The summed E-state index contributed by atoms with van der Waals surface area (Å²) in [5, 5.41) is 3.98. The summed E-state index contributed by atoms with van der Waals surface area (Å²) >= 11 is 0. The van der Waals surface area contributed by atoms with E-state index in [0.717, 1.165) is 23.9 Å². The number of para-hydroxylation sites is 1. The highest BCUT2D eigenvalue weighted by Crippen LogP contribution is 2.35. The van der Waals surface area contributed by atoms with Gasteiger partial charge in [-0.05, 0) is 30.7 Å². The van der Waals surface area contributed by atoms with Gasteiger partial charge in [0, 0.05) is 36.7 Å². The highest BCUT2D eigenvalue weighted by molar-refractivity contribution is 7.41. The highest BCUT2D eigenvalue weighted by atomic mass is 31.2. The topological polar surface area (TPSA) is 90.1 Å². The van der Waals surface area contributed by atoms with Crippen LogP contribution < -0.4 is 14.4 Å². The van der Waals surface area contributed by atoms with Crippen LogP contribution in [0.25, 0.3) is 10.9 Å². The molecule has 2 N–H and O–H groups in total. The van der Waals surface area contributed by atoms with E-state index >= 15 is 0 Å². The molecule has 0 aliphatic carbocycles. The first-order chi connectivity index (χ1) is 22.6. The molecule has 2 atom stereocenters. The summed E-state index contributed by atoms with van der Waals surface area (Å²) < 4.78 is 24.0. The number of hydrogen-bond acceptors (Lipinski definition) is 6. The molecule has 8 nitrogen and oxygen atoms in total. The number of nitrogens with zero attached hydrogens (tertiary/aromatic N) is 1. The van der Waals surface area contributed by atoms with Crippen LogP contribution in [0.5, 0.6) is 5.75 Å². The van der Waals surface area contributed by atoms with Gasteiger partial charge >= 0.3 is 14.7 Å². The summed E-state index contributed by atoms with van der Waals surface area (Å²) in [6, 6.07) is 20.0. The van der Waals surface area contributed by atoms with Crippen LogP contribution in [0.2, 0.25) is 0 Å². The molecule has 254 valence electrons. The number of carbonyl (C=O) groups is 1. The summed E-state index contributed by atoms with van der Waals surface area (Å²) in [6.45, 7) is 3.56. The molecule has 0 bridgehead atoms. The smallest absolute Gasteiger partial charge is 0.407 e. The van der Waals surface area contributed by atoms with Crippen LogP contribution >= 0.6 is 8.60 Å². The minimum absolute atomic E-state index is 0.0159. The van der Waals surface area contributed by atoms with Crippen LogP contribution in [-0.4, -0.2) is 44.0 Å². The first kappa shape index (κ1) is 37.7. The first-order valence-corrected chi connectivity index (χ1v) is 18.4. The van der Waals surface area contributed by atoms with Gasteiger partial charge in [-0.25, -0.2) is 4.79 Å². The molecule has 2 aromatic carbocycles. The van der Waals surface area contributed by atoms with E-state index < -0.39 is 20.8 Å². The lowest BCUT2D eigenvalue weighted by Gasteiger charge is -2.18. The number of fused-ring (bicyclic) bond motifs is 1. The van der Waals surface area contributed by atoms with E-state index in [0.29, 0.717) is 18.8 Å². The number of methoxy groups -OCH3 is 1. The average Bonchev–Trinajstić information content (AvgIpc) is 3.07. The number of hydrogen-bond donors (Lipinski definition) is 2. The number of pyridine rings is 1. The molecule has 1 aromatic heterocycles. The lowest BCUT2D eigenvalue weighted by atomic mass is 10.0. The molecule has 3 rings (SSSR count). The Balaban J connectivity index is 1.21. The van der Waals surface area contributed by atoms with E-state index in [9.17, 15) is 9.69 Å². The van der Waals surface area contributed by atoms with E-state index in [1.54, 1.807) is 6.07 Å². The maximum atomic E-state index is 12.1. The van der Waals surface area contributed by atoms with Crippen LogP contribution in [-0.2, 0) is 20.5 Å². The third-order valence-electron chi connectivity index (χ3n) is 8.13. The number of alkyl carbamates (subject to hydrolysis) is 1. The lowest BCUT2D eigenvalue weighted by molar-refractivity contribution is -0.662. The summed E-state index contributed by atoms with van der Waals surface area (Å²) in [4.78, 5) is 22.5. The molecule has 2 unspecified atom stereocenters. The fourth-order valence-electron chi connectivity index (χ4n) is 5.43. The zero-order valence-corrected chi connectivity index (χ0v) is 28.9. The Morgan fingerprint density at radius 3 is 2.17 bits per heavy atom. The average molecular weight is 656 g/mol. The second kappa shape index (κ2) is 23.5. The number of unbranched alkanes of at least 4 members (excludes halogenated alkanes) is 13. The third-order valence-corrected chi connectivity index (χ3v) is 8.86. The van der Waals surface area contributed by atoms with Gasteiger partial charge in [-0.1, -0.05) is 115 Å². The second-order valence-corrected chi connectivity index (χ2v) is 12.9. The zero-order valence-electron chi connectivity index (χ0n) is 28.0. The van der Waals surface area contributed by atoms with E-state index in [-0.39, 0.29) is 13.2 Å². The molecule has 0 aliphatic rings. The van der Waals surface area contributed by atoms with Crippen LogP contribution in [0, 0.1) is 0 Å². The molecule has 0 aliphatic heterocycles. The minimum Gasteiger partial charge on any atom is -0.447 e. The van der Waals surface area contributed by atoms with Crippen LogP contribution in [0.4, 0.5) is 4.79 Å². The predicted octanol–water partition coefficient (Wildman–Crippen LogP) is 9.01. The number of aromatic nitrogens is 1. The number of ether oxygens (including phenoxy) is 2. The number of amides is 1. The maximum absolute atomic E-state index is 12.1. The van der Waals surface area contributed by atoms with Crippen molar-refractivity contribution >= 4 is 25.6 Å². The zero-order chi connectivity index (χ0) is 32.7. The summed E-state index contributed by atoms with van der Waals surface area (Å²) in [5.74, 6) is 0.514. The lowest BCUT2D eigenvalue weighted by Crippen LogP contribution is -2.34. The van der Waals surface area contributed by atoms with Crippen molar-refractivity contribution in [2.45, 2.75) is 109 Å². The molecule has 0 radical (unpaired) electrons. The summed E-state index contributed by atoms with van der Waals surface area (Å²) in [6.07, 6.45) is 19.3. The molecule has 1 amide bonds. The van der Waals surface area contributed by atoms with Gasteiger partial charge in [-0.3, -0.25) is 4.52 Å². The third kappa shape index (κ3) is 15.7. The molecule has 9 heteroatoms. The maximum Gasteiger partial charge on any atom is 0.407 e. The van der Waals surface area contributed by atoms with E-state index in [1.165, 1.54) is 89.5 Å². The van der Waals surface area contributed by atoms with E-state index in [1.807, 2.05) is 42.6 Å². The van der Waals surface area contributed by atoms with E-state index in [4.69, 9.17) is 18.5 Å². The van der Waals surface area contributed by atoms with Crippen molar-refractivity contribution < 1.29 is 32.8 Å². The molecular weight excluding hydrogens is 599 g/mol. The van der Waals surface area contributed by atoms with E-state index in [2.05, 4.69) is 35.0 Å². The summed E-state index contributed by atoms with van der Waals surface area (Å²) in [5.41, 5.74) is 2.17. The Morgan fingerprint density at radius 2 is 1.48 bits per heavy atom. The fraction of sp³-hybridized carbons (Fsp3) is 0.568. The Morgan fingerprint density at radius 1 is 0.826 bits per heavy atom. The monoisotopic (exact) mass is 655 g/mol. The van der Waals surface area contributed by atoms with Gasteiger partial charge < -0.3 is 24.2 Å². The Bertz CT molecular complexity index is 1240. The van der Waals surface area contributed by atoms with Gasteiger partial charge in [0.05, 0.1) is 6.61 Å². The van der Waals surface area contributed by atoms with Crippen molar-refractivity contribution in [2.24, 2.45) is 0 Å². The molecule has 1 heterocycles. The standard InChI is InChI=1S/C37H55N2O6P/c1-3-4-5-6-7-8-9-10-11-12-13-14-15-18-26-38-37(40)43-30-35(42-2)31-44-46(41)45-34-24-19-21-32(28-34)29-39-27-20-23-33-22-16-17-25-36(33)39/h16-17,19-25,27-28,35,41H,3-15,18,26,29-31H2,1-2H3/p+1. The van der Waals surface area contributed by atoms with Crippen molar-refractivity contribution in [1.29, 1.82) is 0 Å². The normalized spacial score (nSPS) is 12.6. The summed E-state index contributed by atoms with van der Waals surface area (Å²) in [7, 11) is -0.677. The number of benzene rings is 2. The quantitative estimate of drug-likeness (QED) is 0.0538. The Labute approximate surface area is 277 Å². The Kier molecular flexibility index (Phi) is 19.3. The van der Waals surface area contributed by atoms with Crippen LogP contribution in [0.15, 0.2) is 66.9 Å². The highest BCUT2D eigenvalue weighted by Gasteiger charge is 2.17. The van der Waals surface area contributed by atoms with Gasteiger partial charge in [0.2, 0.25) is 5.52 Å². The first-order valence-electron chi connectivity index (χ1n) is 17.3. The van der Waals surface area contributed by atoms with Gasteiger partial charge in [-0.2, -0.15) is 4.57 Å². The minimum atomic E-state index is -2.19. The van der Waals surface area contributed by atoms with Crippen molar-refractivity contribution in [3.05, 3.63) is 72.4 Å². The molecule has 46 heavy (non-hydrogen) atoms. The van der Waals surface area contributed by atoms with Gasteiger partial charge in [0.1, 0.15) is 18.5 Å². The molecule has 0 fully saturated rings. The van der Waals surface area contributed by atoms with Crippen molar-refractivity contribution in [2.75, 3.05) is 26.9 Å². The van der Waals surface area contributed by atoms with Crippen molar-refractivity contribution in [3.63, 3.8) is 0 Å². The number of rotatable bonds is 25.